The van der Waals surface area contributed by atoms with Crippen LogP contribution in [0.5, 0.6) is 0 Å². The second kappa shape index (κ2) is 10.8. The third-order valence-corrected chi connectivity index (χ3v) is 5.54. The summed E-state index contributed by atoms with van der Waals surface area (Å²) in [5.41, 5.74) is 1.24. The highest BCUT2D eigenvalue weighted by molar-refractivity contribution is 5.82. The van der Waals surface area contributed by atoms with Crippen molar-refractivity contribution in [2.45, 2.75) is 45.3 Å². The number of carbonyl (C=O) groups excluding carboxylic acids is 1. The number of carbonyl (C=O) groups is 1. The summed E-state index contributed by atoms with van der Waals surface area (Å²) in [6.07, 6.45) is 1.06. The van der Waals surface area contributed by atoms with Crippen molar-refractivity contribution in [3.8, 4) is 0 Å². The molecule has 7 heteroatoms. The van der Waals surface area contributed by atoms with E-state index in [0.29, 0.717) is 49.5 Å². The van der Waals surface area contributed by atoms with Crippen molar-refractivity contribution in [2.75, 3.05) is 19.6 Å². The second-order valence-electron chi connectivity index (χ2n) is 8.56. The van der Waals surface area contributed by atoms with Crippen LogP contribution in [0.4, 0.5) is 13.2 Å². The number of hydrogen-bond donors (Lipinski definition) is 2. The highest BCUT2D eigenvalue weighted by Crippen LogP contribution is 2.20. The number of benzene rings is 2. The lowest BCUT2D eigenvalue weighted by molar-refractivity contribution is -0.125. The van der Waals surface area contributed by atoms with E-state index in [1.165, 1.54) is 12.1 Å². The number of likely N-dealkylation sites (tertiary alicyclic amines) is 1. The Labute approximate surface area is 181 Å². The van der Waals surface area contributed by atoms with E-state index >= 15 is 0 Å². The topological polar surface area (TPSA) is 44.4 Å². The summed E-state index contributed by atoms with van der Waals surface area (Å²) in [6, 6.07) is 10.2. The lowest BCUT2D eigenvalue weighted by Gasteiger charge is -2.25. The van der Waals surface area contributed by atoms with Gasteiger partial charge in [0, 0.05) is 32.2 Å². The van der Waals surface area contributed by atoms with Crippen molar-refractivity contribution in [3.05, 3.63) is 71.0 Å². The van der Waals surface area contributed by atoms with Gasteiger partial charge in [-0.05, 0) is 48.1 Å². The minimum atomic E-state index is -0.862. The number of amides is 1. The van der Waals surface area contributed by atoms with Crippen LogP contribution in [0.3, 0.4) is 0 Å². The van der Waals surface area contributed by atoms with Crippen molar-refractivity contribution in [2.24, 2.45) is 5.92 Å². The number of hydrogen-bond acceptors (Lipinski definition) is 3. The van der Waals surface area contributed by atoms with Gasteiger partial charge in [0.25, 0.3) is 0 Å². The Morgan fingerprint density at radius 3 is 2.58 bits per heavy atom. The van der Waals surface area contributed by atoms with Crippen LogP contribution < -0.4 is 10.6 Å². The van der Waals surface area contributed by atoms with E-state index in [9.17, 15) is 18.0 Å². The van der Waals surface area contributed by atoms with Gasteiger partial charge in [0.15, 0.2) is 11.6 Å². The first kappa shape index (κ1) is 23.3. The van der Waals surface area contributed by atoms with Gasteiger partial charge in [0.1, 0.15) is 5.82 Å². The zero-order chi connectivity index (χ0) is 22.4. The molecular weight excluding hydrogens is 403 g/mol. The molecule has 1 saturated heterocycles. The molecule has 1 heterocycles. The molecule has 0 unspecified atom stereocenters. The molecule has 0 aliphatic carbocycles. The second-order valence-corrected chi connectivity index (χ2v) is 8.56. The molecule has 1 fully saturated rings. The van der Waals surface area contributed by atoms with Gasteiger partial charge in [0.05, 0.1) is 6.04 Å². The van der Waals surface area contributed by atoms with Crippen LogP contribution in [-0.2, 0) is 17.8 Å². The van der Waals surface area contributed by atoms with Gasteiger partial charge >= 0.3 is 0 Å². The van der Waals surface area contributed by atoms with Gasteiger partial charge in [-0.15, -0.1) is 0 Å². The van der Waals surface area contributed by atoms with Gasteiger partial charge in [-0.25, -0.2) is 13.2 Å². The molecule has 1 amide bonds. The van der Waals surface area contributed by atoms with Crippen LogP contribution in [0.2, 0.25) is 0 Å². The van der Waals surface area contributed by atoms with Crippen molar-refractivity contribution in [3.63, 3.8) is 0 Å². The van der Waals surface area contributed by atoms with Crippen LogP contribution in [0.1, 0.15) is 31.4 Å². The predicted molar refractivity (Wildman–Crippen MR) is 115 cm³/mol. The van der Waals surface area contributed by atoms with E-state index in [-0.39, 0.29) is 23.8 Å². The Bertz CT molecular complexity index is 890. The molecule has 0 bridgehead atoms. The van der Waals surface area contributed by atoms with E-state index in [4.69, 9.17) is 0 Å². The number of halogens is 3. The molecule has 1 aliphatic heterocycles. The van der Waals surface area contributed by atoms with E-state index in [1.54, 1.807) is 24.3 Å². The van der Waals surface area contributed by atoms with Gasteiger partial charge in [-0.1, -0.05) is 38.1 Å². The number of rotatable bonds is 9. The first-order chi connectivity index (χ1) is 14.8. The molecule has 2 aromatic rings. The fraction of sp³-hybridized carbons (Fsp3) is 0.458. The first-order valence-corrected chi connectivity index (χ1v) is 10.8. The van der Waals surface area contributed by atoms with Gasteiger partial charge < -0.3 is 10.6 Å². The molecule has 0 radical (unpaired) electrons. The Balaban J connectivity index is 1.55. The predicted octanol–water partition coefficient (Wildman–Crippen LogP) is 3.65. The summed E-state index contributed by atoms with van der Waals surface area (Å²) in [5.74, 6) is -1.65. The summed E-state index contributed by atoms with van der Waals surface area (Å²) < 4.78 is 40.3. The van der Waals surface area contributed by atoms with Crippen molar-refractivity contribution >= 4 is 5.91 Å². The average molecular weight is 434 g/mol. The van der Waals surface area contributed by atoms with Gasteiger partial charge in [-0.2, -0.15) is 0 Å². The van der Waals surface area contributed by atoms with Gasteiger partial charge in [0.2, 0.25) is 5.91 Å². The smallest absolute Gasteiger partial charge is 0.237 e. The summed E-state index contributed by atoms with van der Waals surface area (Å²) in [6.45, 7) is 6.48. The first-order valence-electron chi connectivity index (χ1n) is 10.8. The van der Waals surface area contributed by atoms with Crippen molar-refractivity contribution < 1.29 is 18.0 Å². The quantitative estimate of drug-likeness (QED) is 0.635. The zero-order valence-corrected chi connectivity index (χ0v) is 18.0. The fourth-order valence-corrected chi connectivity index (χ4v) is 4.05. The molecule has 2 aromatic carbocycles. The molecular formula is C24H30F3N3O. The zero-order valence-electron chi connectivity index (χ0n) is 18.0. The Hall–Kier alpha value is -2.38. The van der Waals surface area contributed by atoms with Crippen LogP contribution in [0.15, 0.2) is 42.5 Å². The third-order valence-electron chi connectivity index (χ3n) is 5.54. The molecule has 0 saturated carbocycles. The van der Waals surface area contributed by atoms with Crippen LogP contribution in [0.25, 0.3) is 0 Å². The van der Waals surface area contributed by atoms with E-state index < -0.39 is 11.6 Å². The lowest BCUT2D eigenvalue weighted by atomic mass is 10.1. The molecule has 3 rings (SSSR count). The molecule has 4 nitrogen and oxygen atoms in total. The van der Waals surface area contributed by atoms with Crippen molar-refractivity contribution in [1.29, 1.82) is 0 Å². The molecule has 1 aliphatic rings. The van der Waals surface area contributed by atoms with Gasteiger partial charge in [-0.3, -0.25) is 9.69 Å². The lowest BCUT2D eigenvalue weighted by Crippen LogP contribution is -2.45. The monoisotopic (exact) mass is 433 g/mol. The van der Waals surface area contributed by atoms with E-state index in [2.05, 4.69) is 29.4 Å². The minimum absolute atomic E-state index is 0.0610. The van der Waals surface area contributed by atoms with E-state index in [1.807, 2.05) is 0 Å². The summed E-state index contributed by atoms with van der Waals surface area (Å²) in [4.78, 5) is 15.0. The molecule has 2 atom stereocenters. The van der Waals surface area contributed by atoms with Crippen molar-refractivity contribution in [1.82, 2.24) is 15.5 Å². The minimum Gasteiger partial charge on any atom is -0.354 e. The molecule has 31 heavy (non-hydrogen) atoms. The van der Waals surface area contributed by atoms with Crippen LogP contribution in [-0.4, -0.2) is 42.5 Å². The normalized spacial score (nSPS) is 19.2. The third kappa shape index (κ3) is 6.55. The maximum atomic E-state index is 13.8. The maximum Gasteiger partial charge on any atom is 0.237 e. The van der Waals surface area contributed by atoms with Crippen LogP contribution >= 0.6 is 0 Å². The number of nitrogens with zero attached hydrogens (tertiary/aromatic N) is 1. The maximum absolute atomic E-state index is 13.8. The molecule has 0 aromatic heterocycles. The van der Waals surface area contributed by atoms with Crippen LogP contribution in [0, 0.1) is 23.4 Å². The standard InChI is InChI=1S/C24H30F3N3O/c1-16(2)14-30-15-19(29-13-17-7-8-21(26)22(27)11-17)12-23(30)24(31)28-10-9-18-5-3-4-6-20(18)25/h3-8,11,16,19,23,29H,9-10,12-15H2,1-2H3,(H,28,31)/t19-,23-/m0/s1. The fourth-order valence-electron chi connectivity index (χ4n) is 4.05. The van der Waals surface area contributed by atoms with E-state index in [0.717, 1.165) is 12.6 Å². The molecule has 0 spiro atoms. The summed E-state index contributed by atoms with van der Waals surface area (Å²) in [5, 5.41) is 6.31. The number of nitrogens with one attached hydrogen (secondary N) is 2. The summed E-state index contributed by atoms with van der Waals surface area (Å²) >= 11 is 0. The highest BCUT2D eigenvalue weighted by atomic mass is 19.2. The Kier molecular flexibility index (Phi) is 8.09. The Morgan fingerprint density at radius 2 is 1.87 bits per heavy atom. The highest BCUT2D eigenvalue weighted by Gasteiger charge is 2.36. The average Bonchev–Trinajstić information content (AvgIpc) is 3.12. The molecule has 2 N–H and O–H groups in total. The summed E-state index contributed by atoms with van der Waals surface area (Å²) in [7, 11) is 0. The molecule has 168 valence electrons. The Morgan fingerprint density at radius 1 is 1.10 bits per heavy atom. The SMILES string of the molecule is CC(C)CN1C[C@@H](NCc2ccc(F)c(F)c2)C[C@H]1C(=O)NCCc1ccccc1F. The largest absolute Gasteiger partial charge is 0.354 e.